The average molecular weight is 223 g/mol. The number of aromatic nitrogens is 2. The minimum Gasteiger partial charge on any atom is -0.379 e. The van der Waals surface area contributed by atoms with E-state index in [2.05, 4.69) is 25.5 Å². The number of nitrogen functional groups attached to an aromatic ring is 1. The molecule has 86 valence electrons. The van der Waals surface area contributed by atoms with Crippen LogP contribution in [0.5, 0.6) is 0 Å². The van der Waals surface area contributed by atoms with Gasteiger partial charge >= 0.3 is 0 Å². The van der Waals surface area contributed by atoms with Crippen LogP contribution >= 0.6 is 0 Å². The predicted octanol–water partition coefficient (Wildman–Crippen LogP) is 0.702. The Labute approximate surface area is 92.0 Å². The zero-order valence-corrected chi connectivity index (χ0v) is 8.77. The summed E-state index contributed by atoms with van der Waals surface area (Å²) in [5, 5.41) is 10.7. The van der Waals surface area contributed by atoms with Crippen molar-refractivity contribution >= 4 is 17.4 Å². The standard InChI is InChI=1S/C9H13N5O2/c10-8-7(13-16-14-8)9(15)12-11-6-4-2-1-3-5-6/h1-5H2,(H2,10,14)(H,12,15). The number of hydrogen-bond acceptors (Lipinski definition) is 6. The molecule has 7 heteroatoms. The number of nitrogens with one attached hydrogen (secondary N) is 1. The van der Waals surface area contributed by atoms with Crippen molar-refractivity contribution in [2.75, 3.05) is 5.73 Å². The maximum atomic E-state index is 11.5. The maximum Gasteiger partial charge on any atom is 0.297 e. The molecule has 0 spiro atoms. The van der Waals surface area contributed by atoms with Crippen molar-refractivity contribution in [3.63, 3.8) is 0 Å². The summed E-state index contributed by atoms with van der Waals surface area (Å²) in [5.41, 5.74) is 8.76. The van der Waals surface area contributed by atoms with Gasteiger partial charge in [0.25, 0.3) is 5.91 Å². The Bertz CT molecular complexity index is 404. The predicted molar refractivity (Wildman–Crippen MR) is 56.7 cm³/mol. The van der Waals surface area contributed by atoms with Gasteiger partial charge < -0.3 is 5.73 Å². The minimum absolute atomic E-state index is 0.0265. The van der Waals surface area contributed by atoms with Crippen LogP contribution in [-0.2, 0) is 0 Å². The minimum atomic E-state index is -0.489. The van der Waals surface area contributed by atoms with E-state index in [9.17, 15) is 4.79 Å². The summed E-state index contributed by atoms with van der Waals surface area (Å²) in [4.78, 5) is 11.5. The van der Waals surface area contributed by atoms with Gasteiger partial charge in [0, 0.05) is 5.71 Å². The van der Waals surface area contributed by atoms with Crippen LogP contribution in [0.3, 0.4) is 0 Å². The van der Waals surface area contributed by atoms with E-state index in [0.29, 0.717) is 0 Å². The largest absolute Gasteiger partial charge is 0.379 e. The molecular weight excluding hydrogens is 210 g/mol. The van der Waals surface area contributed by atoms with E-state index in [4.69, 9.17) is 5.73 Å². The third kappa shape index (κ3) is 2.36. The second kappa shape index (κ2) is 4.73. The molecule has 0 bridgehead atoms. The summed E-state index contributed by atoms with van der Waals surface area (Å²) in [6.45, 7) is 0. The number of carbonyl (C=O) groups excluding carboxylic acids is 1. The van der Waals surface area contributed by atoms with E-state index in [1.807, 2.05) is 0 Å². The second-order valence-corrected chi connectivity index (χ2v) is 3.68. The molecule has 0 unspecified atom stereocenters. The first-order valence-electron chi connectivity index (χ1n) is 5.21. The molecule has 1 aliphatic rings. The molecule has 3 N–H and O–H groups in total. The van der Waals surface area contributed by atoms with Crippen molar-refractivity contribution < 1.29 is 9.42 Å². The van der Waals surface area contributed by atoms with E-state index in [0.717, 1.165) is 31.4 Å². The Morgan fingerprint density at radius 3 is 2.69 bits per heavy atom. The summed E-state index contributed by atoms with van der Waals surface area (Å²) in [7, 11) is 0. The number of anilines is 1. The fourth-order valence-corrected chi connectivity index (χ4v) is 1.61. The highest BCUT2D eigenvalue weighted by Crippen LogP contribution is 2.14. The lowest BCUT2D eigenvalue weighted by atomic mass is 9.99. The van der Waals surface area contributed by atoms with Crippen molar-refractivity contribution in [2.24, 2.45) is 5.10 Å². The summed E-state index contributed by atoms with van der Waals surface area (Å²) < 4.78 is 4.32. The Kier molecular flexibility index (Phi) is 3.13. The third-order valence-corrected chi connectivity index (χ3v) is 2.48. The van der Waals surface area contributed by atoms with Crippen LogP contribution in [0.25, 0.3) is 0 Å². The normalized spacial score (nSPS) is 15.9. The average Bonchev–Trinajstić information content (AvgIpc) is 2.74. The van der Waals surface area contributed by atoms with E-state index in [1.54, 1.807) is 0 Å². The van der Waals surface area contributed by atoms with Gasteiger partial charge in [0.05, 0.1) is 0 Å². The van der Waals surface area contributed by atoms with Gasteiger partial charge in [-0.15, -0.1) is 0 Å². The van der Waals surface area contributed by atoms with Crippen molar-refractivity contribution in [1.29, 1.82) is 0 Å². The van der Waals surface area contributed by atoms with E-state index in [1.165, 1.54) is 6.42 Å². The van der Waals surface area contributed by atoms with Crippen LogP contribution in [0, 0.1) is 0 Å². The third-order valence-electron chi connectivity index (χ3n) is 2.48. The summed E-state index contributed by atoms with van der Waals surface area (Å²) >= 11 is 0. The van der Waals surface area contributed by atoms with Crippen molar-refractivity contribution in [2.45, 2.75) is 32.1 Å². The van der Waals surface area contributed by atoms with Crippen LogP contribution in [0.15, 0.2) is 9.73 Å². The molecule has 1 heterocycles. The van der Waals surface area contributed by atoms with Gasteiger partial charge in [0.1, 0.15) is 0 Å². The van der Waals surface area contributed by atoms with Crippen LogP contribution in [0.2, 0.25) is 0 Å². The zero-order chi connectivity index (χ0) is 11.4. The number of nitrogens with zero attached hydrogens (tertiary/aromatic N) is 3. The monoisotopic (exact) mass is 223 g/mol. The molecule has 7 nitrogen and oxygen atoms in total. The van der Waals surface area contributed by atoms with Gasteiger partial charge in [-0.25, -0.2) is 10.1 Å². The molecule has 2 rings (SSSR count). The highest BCUT2D eigenvalue weighted by molar-refractivity contribution is 5.97. The number of hydrogen-bond donors (Lipinski definition) is 2. The van der Waals surface area contributed by atoms with E-state index >= 15 is 0 Å². The molecular formula is C9H13N5O2. The molecule has 0 aromatic carbocycles. The quantitative estimate of drug-likeness (QED) is 0.718. The van der Waals surface area contributed by atoms with Crippen LogP contribution in [0.4, 0.5) is 5.82 Å². The summed E-state index contributed by atoms with van der Waals surface area (Å²) in [5.74, 6) is -0.516. The molecule has 1 aliphatic carbocycles. The Balaban J connectivity index is 1.95. The SMILES string of the molecule is Nc1nonc1C(=O)NN=C1CCCCC1. The lowest BCUT2D eigenvalue weighted by molar-refractivity contribution is 0.0945. The fraction of sp³-hybridized carbons (Fsp3) is 0.556. The maximum absolute atomic E-state index is 11.5. The molecule has 1 aromatic heterocycles. The first kappa shape index (κ1) is 10.6. The Hall–Kier alpha value is -1.92. The van der Waals surface area contributed by atoms with Crippen LogP contribution < -0.4 is 11.2 Å². The molecule has 0 saturated heterocycles. The molecule has 1 aromatic rings. The van der Waals surface area contributed by atoms with Crippen LogP contribution in [-0.4, -0.2) is 21.9 Å². The highest BCUT2D eigenvalue weighted by Gasteiger charge is 2.15. The topological polar surface area (TPSA) is 106 Å². The Morgan fingerprint density at radius 1 is 1.31 bits per heavy atom. The van der Waals surface area contributed by atoms with E-state index in [-0.39, 0.29) is 11.5 Å². The Morgan fingerprint density at radius 2 is 2.06 bits per heavy atom. The summed E-state index contributed by atoms with van der Waals surface area (Å²) in [6.07, 6.45) is 5.36. The van der Waals surface area contributed by atoms with Gasteiger partial charge in [-0.2, -0.15) is 5.10 Å². The summed E-state index contributed by atoms with van der Waals surface area (Å²) in [6, 6.07) is 0. The van der Waals surface area contributed by atoms with Crippen molar-refractivity contribution in [3.8, 4) is 0 Å². The lowest BCUT2D eigenvalue weighted by Crippen LogP contribution is -2.22. The molecule has 0 aliphatic heterocycles. The smallest absolute Gasteiger partial charge is 0.297 e. The molecule has 1 amide bonds. The first-order valence-corrected chi connectivity index (χ1v) is 5.21. The number of nitrogens with two attached hydrogens (primary N) is 1. The number of amides is 1. The lowest BCUT2D eigenvalue weighted by Gasteiger charge is -2.11. The molecule has 16 heavy (non-hydrogen) atoms. The number of hydrazone groups is 1. The fourth-order valence-electron chi connectivity index (χ4n) is 1.61. The number of rotatable bonds is 2. The van der Waals surface area contributed by atoms with Gasteiger partial charge in [-0.3, -0.25) is 4.79 Å². The van der Waals surface area contributed by atoms with Crippen molar-refractivity contribution in [1.82, 2.24) is 15.7 Å². The zero-order valence-electron chi connectivity index (χ0n) is 8.77. The second-order valence-electron chi connectivity index (χ2n) is 3.68. The van der Waals surface area contributed by atoms with Crippen molar-refractivity contribution in [3.05, 3.63) is 5.69 Å². The molecule has 1 saturated carbocycles. The van der Waals surface area contributed by atoms with Gasteiger partial charge in [-0.1, -0.05) is 6.42 Å². The van der Waals surface area contributed by atoms with Gasteiger partial charge in [-0.05, 0) is 36.0 Å². The highest BCUT2D eigenvalue weighted by atomic mass is 16.6. The van der Waals surface area contributed by atoms with Gasteiger partial charge in [0.2, 0.25) is 11.5 Å². The van der Waals surface area contributed by atoms with Crippen LogP contribution in [0.1, 0.15) is 42.6 Å². The number of carbonyl (C=O) groups is 1. The van der Waals surface area contributed by atoms with Gasteiger partial charge in [0.15, 0.2) is 0 Å². The first-order chi connectivity index (χ1) is 7.77. The molecule has 0 atom stereocenters. The van der Waals surface area contributed by atoms with E-state index < -0.39 is 5.91 Å². The molecule has 0 radical (unpaired) electrons. The molecule has 1 fully saturated rings.